The van der Waals surface area contributed by atoms with Crippen molar-refractivity contribution in [1.29, 1.82) is 0 Å². The molecule has 96 valence electrons. The van der Waals surface area contributed by atoms with Crippen molar-refractivity contribution in [1.82, 2.24) is 10.7 Å². The van der Waals surface area contributed by atoms with Crippen LogP contribution in [-0.4, -0.2) is 17.9 Å². The minimum absolute atomic E-state index is 0.494. The Kier molecular flexibility index (Phi) is 5.52. The molecule has 1 rings (SSSR count). The van der Waals surface area contributed by atoms with E-state index < -0.39 is 0 Å². The molecule has 3 nitrogen and oxygen atoms in total. The van der Waals surface area contributed by atoms with Gasteiger partial charge in [-0.2, -0.15) is 5.10 Å². The van der Waals surface area contributed by atoms with Gasteiger partial charge in [0.05, 0.1) is 6.21 Å². The predicted octanol–water partition coefficient (Wildman–Crippen LogP) is 2.60. The first-order valence-electron chi connectivity index (χ1n) is 5.80. The standard InChI is InChI=1S/C14H19N3S/c1-5-6-15-14(18)17-16-9-13-11(3)7-10(2)8-12(13)4/h5,7-9H,1,6H2,2-4H3,(H2,15,17,18)/b16-9+. The van der Waals surface area contributed by atoms with Crippen molar-refractivity contribution < 1.29 is 0 Å². The summed E-state index contributed by atoms with van der Waals surface area (Å²) < 4.78 is 0. The molecule has 0 heterocycles. The lowest BCUT2D eigenvalue weighted by Gasteiger charge is -2.07. The normalized spacial score (nSPS) is 10.4. The summed E-state index contributed by atoms with van der Waals surface area (Å²) in [5.74, 6) is 0. The third-order valence-corrected chi connectivity index (χ3v) is 2.74. The Bertz CT molecular complexity index is 455. The molecule has 0 amide bonds. The third-order valence-electron chi connectivity index (χ3n) is 2.50. The molecule has 0 aliphatic carbocycles. The highest BCUT2D eigenvalue weighted by molar-refractivity contribution is 7.80. The summed E-state index contributed by atoms with van der Waals surface area (Å²) in [5.41, 5.74) is 7.59. The summed E-state index contributed by atoms with van der Waals surface area (Å²) in [4.78, 5) is 0. The molecule has 0 aromatic heterocycles. The van der Waals surface area contributed by atoms with Gasteiger partial charge in [0.15, 0.2) is 5.11 Å². The summed E-state index contributed by atoms with van der Waals surface area (Å²) in [6.07, 6.45) is 3.54. The molecule has 0 unspecified atom stereocenters. The van der Waals surface area contributed by atoms with Gasteiger partial charge in [0, 0.05) is 12.1 Å². The number of nitrogens with zero attached hydrogens (tertiary/aromatic N) is 1. The van der Waals surface area contributed by atoms with E-state index in [1.54, 1.807) is 12.3 Å². The number of hydrogen-bond donors (Lipinski definition) is 2. The van der Waals surface area contributed by atoms with Crippen LogP contribution in [0.4, 0.5) is 0 Å². The van der Waals surface area contributed by atoms with Crippen LogP contribution in [0.3, 0.4) is 0 Å². The number of hydrogen-bond acceptors (Lipinski definition) is 2. The lowest BCUT2D eigenvalue weighted by molar-refractivity contribution is 0.941. The second kappa shape index (κ2) is 6.91. The van der Waals surface area contributed by atoms with E-state index in [1.165, 1.54) is 16.7 Å². The van der Waals surface area contributed by atoms with Crippen LogP contribution >= 0.6 is 12.2 Å². The summed E-state index contributed by atoms with van der Waals surface area (Å²) in [5, 5.41) is 7.57. The molecule has 4 heteroatoms. The van der Waals surface area contributed by atoms with Gasteiger partial charge in [-0.15, -0.1) is 6.58 Å². The van der Waals surface area contributed by atoms with Crippen LogP contribution in [0, 0.1) is 20.8 Å². The molecular weight excluding hydrogens is 242 g/mol. The van der Waals surface area contributed by atoms with Gasteiger partial charge in [0.1, 0.15) is 0 Å². The summed E-state index contributed by atoms with van der Waals surface area (Å²) in [6.45, 7) is 10.5. The average Bonchev–Trinajstić information content (AvgIpc) is 2.29. The Balaban J connectivity index is 2.67. The quantitative estimate of drug-likeness (QED) is 0.378. The highest BCUT2D eigenvalue weighted by Crippen LogP contribution is 2.13. The molecule has 0 aliphatic heterocycles. The first-order chi connectivity index (χ1) is 8.54. The number of rotatable bonds is 4. The molecule has 1 aromatic rings. The first-order valence-corrected chi connectivity index (χ1v) is 6.21. The van der Waals surface area contributed by atoms with Gasteiger partial charge in [0.25, 0.3) is 0 Å². The van der Waals surface area contributed by atoms with Crippen molar-refractivity contribution in [2.45, 2.75) is 20.8 Å². The van der Waals surface area contributed by atoms with Crippen molar-refractivity contribution in [2.75, 3.05) is 6.54 Å². The molecule has 0 aliphatic rings. The lowest BCUT2D eigenvalue weighted by Crippen LogP contribution is -2.31. The van der Waals surface area contributed by atoms with Crippen LogP contribution in [0.2, 0.25) is 0 Å². The van der Waals surface area contributed by atoms with Crippen LogP contribution in [0.5, 0.6) is 0 Å². The second-order valence-corrected chi connectivity index (χ2v) is 4.59. The van der Waals surface area contributed by atoms with Crippen molar-refractivity contribution in [3.8, 4) is 0 Å². The van der Waals surface area contributed by atoms with E-state index in [9.17, 15) is 0 Å². The van der Waals surface area contributed by atoms with Gasteiger partial charge >= 0.3 is 0 Å². The van der Waals surface area contributed by atoms with Crippen molar-refractivity contribution >= 4 is 23.5 Å². The molecule has 0 bridgehead atoms. The van der Waals surface area contributed by atoms with Crippen LogP contribution in [-0.2, 0) is 0 Å². The molecule has 0 saturated heterocycles. The van der Waals surface area contributed by atoms with E-state index in [4.69, 9.17) is 12.2 Å². The fourth-order valence-corrected chi connectivity index (χ4v) is 1.89. The maximum atomic E-state index is 5.04. The SMILES string of the molecule is C=CCNC(=S)N/N=C/c1c(C)cc(C)cc1C. The van der Waals surface area contributed by atoms with Gasteiger partial charge < -0.3 is 5.32 Å². The molecule has 0 saturated carbocycles. The van der Waals surface area contributed by atoms with Crippen molar-refractivity contribution in [3.63, 3.8) is 0 Å². The number of nitrogens with one attached hydrogen (secondary N) is 2. The van der Waals surface area contributed by atoms with E-state index in [2.05, 4.69) is 55.3 Å². The Morgan fingerprint density at radius 3 is 2.50 bits per heavy atom. The van der Waals surface area contributed by atoms with E-state index in [-0.39, 0.29) is 0 Å². The number of hydrazone groups is 1. The molecule has 0 radical (unpaired) electrons. The van der Waals surface area contributed by atoms with Crippen LogP contribution < -0.4 is 10.7 Å². The molecule has 0 spiro atoms. The molecular formula is C14H19N3S. The van der Waals surface area contributed by atoms with Crippen LogP contribution in [0.25, 0.3) is 0 Å². The Labute approximate surface area is 114 Å². The third kappa shape index (κ3) is 4.30. The molecule has 18 heavy (non-hydrogen) atoms. The topological polar surface area (TPSA) is 36.4 Å². The maximum absolute atomic E-state index is 5.04. The highest BCUT2D eigenvalue weighted by atomic mass is 32.1. The zero-order chi connectivity index (χ0) is 13.5. The average molecular weight is 261 g/mol. The predicted molar refractivity (Wildman–Crippen MR) is 82.2 cm³/mol. The lowest BCUT2D eigenvalue weighted by atomic mass is 10.0. The Morgan fingerprint density at radius 1 is 1.33 bits per heavy atom. The van der Waals surface area contributed by atoms with Gasteiger partial charge in [-0.25, -0.2) is 0 Å². The highest BCUT2D eigenvalue weighted by Gasteiger charge is 2.00. The minimum Gasteiger partial charge on any atom is -0.358 e. The molecule has 2 N–H and O–H groups in total. The second-order valence-electron chi connectivity index (χ2n) is 4.18. The van der Waals surface area contributed by atoms with E-state index in [0.29, 0.717) is 11.7 Å². The monoisotopic (exact) mass is 261 g/mol. The smallest absolute Gasteiger partial charge is 0.187 e. The van der Waals surface area contributed by atoms with Gasteiger partial charge in [-0.1, -0.05) is 23.8 Å². The van der Waals surface area contributed by atoms with Gasteiger partial charge in [-0.05, 0) is 44.1 Å². The first kappa shape index (κ1) is 14.4. The number of benzene rings is 1. The van der Waals surface area contributed by atoms with E-state index >= 15 is 0 Å². The number of thiocarbonyl (C=S) groups is 1. The molecule has 0 fully saturated rings. The fraction of sp³-hybridized carbons (Fsp3) is 0.286. The van der Waals surface area contributed by atoms with Crippen LogP contribution in [0.1, 0.15) is 22.3 Å². The summed E-state index contributed by atoms with van der Waals surface area (Å²) in [6, 6.07) is 4.28. The maximum Gasteiger partial charge on any atom is 0.187 e. The zero-order valence-corrected chi connectivity index (χ0v) is 11.9. The zero-order valence-electron chi connectivity index (χ0n) is 11.1. The number of aryl methyl sites for hydroxylation is 3. The fourth-order valence-electron chi connectivity index (χ4n) is 1.75. The molecule has 0 atom stereocenters. The van der Waals surface area contributed by atoms with Gasteiger partial charge in [0.2, 0.25) is 0 Å². The Hall–Kier alpha value is -1.68. The largest absolute Gasteiger partial charge is 0.358 e. The summed E-state index contributed by atoms with van der Waals surface area (Å²) in [7, 11) is 0. The van der Waals surface area contributed by atoms with Crippen LogP contribution in [0.15, 0.2) is 29.9 Å². The minimum atomic E-state index is 0.494. The van der Waals surface area contributed by atoms with Gasteiger partial charge in [-0.3, -0.25) is 5.43 Å². The molecule has 1 aromatic carbocycles. The van der Waals surface area contributed by atoms with E-state index in [1.807, 2.05) is 0 Å². The van der Waals surface area contributed by atoms with Crippen molar-refractivity contribution in [2.24, 2.45) is 5.10 Å². The Morgan fingerprint density at radius 2 is 1.94 bits per heavy atom. The van der Waals surface area contributed by atoms with E-state index in [0.717, 1.165) is 5.56 Å². The summed E-state index contributed by atoms with van der Waals surface area (Å²) >= 11 is 5.04. The van der Waals surface area contributed by atoms with Crippen molar-refractivity contribution in [3.05, 3.63) is 47.0 Å².